The lowest BCUT2D eigenvalue weighted by atomic mass is 10.1. The summed E-state index contributed by atoms with van der Waals surface area (Å²) in [6.07, 6.45) is 0. The fourth-order valence-corrected chi connectivity index (χ4v) is 1.22. The number of nitro groups is 1. The monoisotopic (exact) mass is 236 g/mol. The number of ether oxygens (including phenoxy) is 1. The smallest absolute Gasteiger partial charge is 0.344 e. The number of carbonyl (C=O) groups excluding carboxylic acids is 1. The predicted molar refractivity (Wildman–Crippen MR) is 57.3 cm³/mol. The third kappa shape index (κ3) is 2.93. The van der Waals surface area contributed by atoms with Crippen LogP contribution >= 0.6 is 0 Å². The molecule has 1 aromatic carbocycles. The molecule has 88 valence electrons. The molecule has 17 heavy (non-hydrogen) atoms. The molecule has 0 aliphatic carbocycles. The van der Waals surface area contributed by atoms with Gasteiger partial charge in [0.05, 0.1) is 18.6 Å². The van der Waals surface area contributed by atoms with Crippen LogP contribution in [-0.4, -0.2) is 18.0 Å². The van der Waals surface area contributed by atoms with E-state index in [0.29, 0.717) is 5.56 Å². The molecule has 8 heteroatoms. The van der Waals surface area contributed by atoms with Gasteiger partial charge in [0.15, 0.2) is 0 Å². The highest BCUT2D eigenvalue weighted by Gasteiger charge is 2.20. The summed E-state index contributed by atoms with van der Waals surface area (Å²) in [4.78, 5) is 23.9. The first-order chi connectivity index (χ1) is 8.10. The van der Waals surface area contributed by atoms with Crippen molar-refractivity contribution in [2.75, 3.05) is 7.11 Å². The Bertz CT molecular complexity index is 508. The molecular weight excluding hydrogens is 228 g/mol. The van der Waals surface area contributed by atoms with Gasteiger partial charge < -0.3 is 4.74 Å². The van der Waals surface area contributed by atoms with Gasteiger partial charge in [0.1, 0.15) is 5.56 Å². The van der Waals surface area contributed by atoms with Gasteiger partial charge in [-0.15, -0.1) is 0 Å². The van der Waals surface area contributed by atoms with Gasteiger partial charge in [-0.2, -0.15) is 0 Å². The van der Waals surface area contributed by atoms with E-state index in [-0.39, 0.29) is 17.8 Å². The number of azide groups is 1. The summed E-state index contributed by atoms with van der Waals surface area (Å²) < 4.78 is 4.42. The lowest BCUT2D eigenvalue weighted by Crippen LogP contribution is -2.06. The van der Waals surface area contributed by atoms with Crippen molar-refractivity contribution in [2.24, 2.45) is 5.11 Å². The SMILES string of the molecule is COC(=O)c1ccc(CN=[N+]=[N-])cc1[N+](=O)[O-]. The molecule has 0 aliphatic heterocycles. The second kappa shape index (κ2) is 5.47. The fraction of sp³-hybridized carbons (Fsp3) is 0.222. The van der Waals surface area contributed by atoms with Gasteiger partial charge in [0, 0.05) is 11.0 Å². The van der Waals surface area contributed by atoms with Crippen LogP contribution in [0.5, 0.6) is 0 Å². The standard InChI is InChI=1S/C9H8N4O4/c1-17-9(14)7-3-2-6(5-11-12-10)4-8(7)13(15)16/h2-4H,5H2,1H3. The molecule has 0 aromatic heterocycles. The summed E-state index contributed by atoms with van der Waals surface area (Å²) in [7, 11) is 1.14. The normalized spacial score (nSPS) is 9.24. The highest BCUT2D eigenvalue weighted by Crippen LogP contribution is 2.21. The number of carbonyl (C=O) groups is 1. The molecule has 0 amide bonds. The zero-order chi connectivity index (χ0) is 12.8. The largest absolute Gasteiger partial charge is 0.465 e. The average molecular weight is 236 g/mol. The summed E-state index contributed by atoms with van der Waals surface area (Å²) in [6, 6.07) is 3.92. The highest BCUT2D eigenvalue weighted by atomic mass is 16.6. The molecule has 8 nitrogen and oxygen atoms in total. The molecule has 0 atom stereocenters. The van der Waals surface area contributed by atoms with Crippen molar-refractivity contribution in [3.63, 3.8) is 0 Å². The number of hydrogen-bond acceptors (Lipinski definition) is 5. The van der Waals surface area contributed by atoms with E-state index in [4.69, 9.17) is 5.53 Å². The summed E-state index contributed by atoms with van der Waals surface area (Å²) >= 11 is 0. The van der Waals surface area contributed by atoms with Gasteiger partial charge >= 0.3 is 5.97 Å². The van der Waals surface area contributed by atoms with Crippen molar-refractivity contribution in [2.45, 2.75) is 6.54 Å². The fourth-order valence-electron chi connectivity index (χ4n) is 1.22. The number of hydrogen-bond donors (Lipinski definition) is 0. The molecule has 0 fully saturated rings. The topological polar surface area (TPSA) is 118 Å². The third-order valence-electron chi connectivity index (χ3n) is 1.98. The number of nitro benzene ring substituents is 1. The molecule has 0 heterocycles. The van der Waals surface area contributed by atoms with Crippen LogP contribution in [0.4, 0.5) is 5.69 Å². The molecule has 0 unspecified atom stereocenters. The molecule has 0 saturated heterocycles. The Morgan fingerprint density at radius 2 is 2.35 bits per heavy atom. The third-order valence-corrected chi connectivity index (χ3v) is 1.98. The second-order valence-electron chi connectivity index (χ2n) is 2.99. The Kier molecular flexibility index (Phi) is 4.02. The molecule has 0 bridgehead atoms. The maximum atomic E-state index is 11.3. The minimum atomic E-state index is -0.785. The number of nitrogens with zero attached hydrogens (tertiary/aromatic N) is 4. The Balaban J connectivity index is 3.21. The van der Waals surface area contributed by atoms with Gasteiger partial charge in [0.25, 0.3) is 5.69 Å². The first-order valence-corrected chi connectivity index (χ1v) is 4.46. The van der Waals surface area contributed by atoms with E-state index in [1.165, 1.54) is 18.2 Å². The van der Waals surface area contributed by atoms with E-state index in [0.717, 1.165) is 7.11 Å². The van der Waals surface area contributed by atoms with Crippen molar-refractivity contribution < 1.29 is 14.5 Å². The van der Waals surface area contributed by atoms with Gasteiger partial charge in [-0.25, -0.2) is 4.79 Å². The summed E-state index contributed by atoms with van der Waals surface area (Å²) in [6.45, 7) is -0.0151. The zero-order valence-electron chi connectivity index (χ0n) is 8.86. The Hall–Kier alpha value is -2.60. The van der Waals surface area contributed by atoms with Crippen molar-refractivity contribution in [1.29, 1.82) is 0 Å². The maximum Gasteiger partial charge on any atom is 0.344 e. The zero-order valence-corrected chi connectivity index (χ0v) is 8.86. The van der Waals surface area contributed by atoms with E-state index < -0.39 is 10.9 Å². The predicted octanol–water partition coefficient (Wildman–Crippen LogP) is 2.19. The number of esters is 1. The van der Waals surface area contributed by atoms with Gasteiger partial charge in [-0.05, 0) is 17.2 Å². The molecule has 0 aliphatic rings. The Labute approximate surface area is 95.6 Å². The molecule has 0 N–H and O–H groups in total. The minimum absolute atomic E-state index is 0.0151. The maximum absolute atomic E-state index is 11.3. The molecule has 0 saturated carbocycles. The molecular formula is C9H8N4O4. The summed E-state index contributed by atoms with van der Waals surface area (Å²) in [5.74, 6) is -0.785. The van der Waals surface area contributed by atoms with E-state index in [1.807, 2.05) is 0 Å². The van der Waals surface area contributed by atoms with Gasteiger partial charge in [0.2, 0.25) is 0 Å². The number of rotatable bonds is 4. The van der Waals surface area contributed by atoms with E-state index in [9.17, 15) is 14.9 Å². The van der Waals surface area contributed by atoms with E-state index >= 15 is 0 Å². The molecule has 1 rings (SSSR count). The molecule has 0 radical (unpaired) electrons. The lowest BCUT2D eigenvalue weighted by Gasteiger charge is -2.02. The van der Waals surface area contributed by atoms with E-state index in [1.54, 1.807) is 0 Å². The van der Waals surface area contributed by atoms with Gasteiger partial charge in [-0.3, -0.25) is 10.1 Å². The van der Waals surface area contributed by atoms with Crippen LogP contribution in [-0.2, 0) is 11.3 Å². The second-order valence-corrected chi connectivity index (χ2v) is 2.99. The van der Waals surface area contributed by atoms with Crippen LogP contribution in [0.25, 0.3) is 10.4 Å². The summed E-state index contributed by atoms with van der Waals surface area (Å²) in [5.41, 5.74) is 8.07. The van der Waals surface area contributed by atoms with Crippen LogP contribution in [0.3, 0.4) is 0 Å². The summed E-state index contributed by atoms with van der Waals surface area (Å²) in [5, 5.41) is 14.0. The van der Waals surface area contributed by atoms with Crippen LogP contribution in [0.1, 0.15) is 15.9 Å². The van der Waals surface area contributed by atoms with Crippen molar-refractivity contribution in [3.05, 3.63) is 49.9 Å². The van der Waals surface area contributed by atoms with Crippen LogP contribution in [0, 0.1) is 10.1 Å². The first-order valence-electron chi connectivity index (χ1n) is 4.46. The first kappa shape index (κ1) is 12.5. The van der Waals surface area contributed by atoms with Crippen molar-refractivity contribution in [1.82, 2.24) is 0 Å². The quantitative estimate of drug-likeness (QED) is 0.199. The molecule has 1 aromatic rings. The van der Waals surface area contributed by atoms with Crippen molar-refractivity contribution >= 4 is 11.7 Å². The Morgan fingerprint density at radius 1 is 1.65 bits per heavy atom. The van der Waals surface area contributed by atoms with E-state index in [2.05, 4.69) is 14.8 Å². The minimum Gasteiger partial charge on any atom is -0.465 e. The number of methoxy groups -OCH3 is 1. The van der Waals surface area contributed by atoms with Crippen LogP contribution < -0.4 is 0 Å². The average Bonchev–Trinajstić information content (AvgIpc) is 2.35. The highest BCUT2D eigenvalue weighted by molar-refractivity contribution is 5.93. The number of benzene rings is 1. The van der Waals surface area contributed by atoms with Crippen LogP contribution in [0.15, 0.2) is 23.3 Å². The van der Waals surface area contributed by atoms with Gasteiger partial charge in [-0.1, -0.05) is 11.2 Å². The lowest BCUT2D eigenvalue weighted by molar-refractivity contribution is -0.385. The van der Waals surface area contributed by atoms with Crippen molar-refractivity contribution in [3.8, 4) is 0 Å². The molecule has 0 spiro atoms. The van der Waals surface area contributed by atoms with Crippen LogP contribution in [0.2, 0.25) is 0 Å². The Morgan fingerprint density at radius 3 is 2.88 bits per heavy atom.